The second-order valence-electron chi connectivity index (χ2n) is 6.31. The molecule has 0 spiro atoms. The maximum atomic E-state index is 11.8. The van der Waals surface area contributed by atoms with E-state index in [4.69, 9.17) is 4.99 Å². The van der Waals surface area contributed by atoms with Crippen LogP contribution in [0.25, 0.3) is 0 Å². The third-order valence-corrected chi connectivity index (χ3v) is 4.90. The van der Waals surface area contributed by atoms with Crippen LogP contribution in [0.1, 0.15) is 18.4 Å². The standard InChI is InChI=1S/C17H22N4O.HI/c22-16-7-6-15-13-20(10-11-21(15)16)17-18-8-9-19(17)12-14-4-2-1-3-5-14;/h1-5,15H,6-13H2;1H. The second-order valence-corrected chi connectivity index (χ2v) is 6.31. The predicted octanol–water partition coefficient (Wildman–Crippen LogP) is 1.78. The first-order valence-corrected chi connectivity index (χ1v) is 8.19. The van der Waals surface area contributed by atoms with Crippen molar-refractivity contribution in [2.45, 2.75) is 25.4 Å². The van der Waals surface area contributed by atoms with Gasteiger partial charge in [0.1, 0.15) is 0 Å². The Morgan fingerprint density at radius 2 is 1.96 bits per heavy atom. The molecule has 3 aliphatic rings. The maximum Gasteiger partial charge on any atom is 0.223 e. The van der Waals surface area contributed by atoms with E-state index in [0.717, 1.165) is 58.1 Å². The quantitative estimate of drug-likeness (QED) is 0.678. The number of fused-ring (bicyclic) bond motifs is 1. The fraction of sp³-hybridized carbons (Fsp3) is 0.529. The van der Waals surface area contributed by atoms with Crippen molar-refractivity contribution in [3.8, 4) is 0 Å². The van der Waals surface area contributed by atoms with Crippen LogP contribution >= 0.6 is 24.0 Å². The molecule has 124 valence electrons. The molecule has 0 radical (unpaired) electrons. The van der Waals surface area contributed by atoms with E-state index in [2.05, 4.69) is 45.0 Å². The van der Waals surface area contributed by atoms with Crippen molar-refractivity contribution in [2.75, 3.05) is 32.7 Å². The molecule has 1 atom stereocenters. The Kier molecular flexibility index (Phi) is 5.08. The Hall–Kier alpha value is -1.31. The van der Waals surface area contributed by atoms with Crippen LogP contribution in [-0.4, -0.2) is 65.3 Å². The van der Waals surface area contributed by atoms with Crippen LogP contribution in [0.4, 0.5) is 0 Å². The lowest BCUT2D eigenvalue weighted by Gasteiger charge is -2.40. The maximum absolute atomic E-state index is 11.8. The number of hydrogen-bond donors (Lipinski definition) is 0. The lowest BCUT2D eigenvalue weighted by molar-refractivity contribution is -0.130. The molecule has 0 N–H and O–H groups in total. The first-order valence-electron chi connectivity index (χ1n) is 8.19. The lowest BCUT2D eigenvalue weighted by atomic mass is 10.1. The van der Waals surface area contributed by atoms with Crippen molar-refractivity contribution in [2.24, 2.45) is 4.99 Å². The Morgan fingerprint density at radius 3 is 2.78 bits per heavy atom. The van der Waals surface area contributed by atoms with E-state index in [1.807, 2.05) is 0 Å². The smallest absolute Gasteiger partial charge is 0.223 e. The summed E-state index contributed by atoms with van der Waals surface area (Å²) in [6.45, 7) is 5.49. The minimum Gasteiger partial charge on any atom is -0.339 e. The molecular formula is C17H23IN4O. The molecule has 4 rings (SSSR count). The van der Waals surface area contributed by atoms with Crippen LogP contribution in [0, 0.1) is 0 Å². The summed E-state index contributed by atoms with van der Waals surface area (Å²) in [7, 11) is 0. The summed E-state index contributed by atoms with van der Waals surface area (Å²) >= 11 is 0. The largest absolute Gasteiger partial charge is 0.339 e. The number of amides is 1. The van der Waals surface area contributed by atoms with E-state index in [9.17, 15) is 4.79 Å². The number of piperazine rings is 1. The molecule has 23 heavy (non-hydrogen) atoms. The third-order valence-electron chi connectivity index (χ3n) is 4.90. The highest BCUT2D eigenvalue weighted by Crippen LogP contribution is 2.24. The molecule has 2 fully saturated rings. The molecule has 0 aromatic heterocycles. The van der Waals surface area contributed by atoms with Gasteiger partial charge < -0.3 is 14.7 Å². The SMILES string of the molecule is I.O=C1CCC2CN(C3=NCCN3Cc3ccccc3)CCN12. The minimum absolute atomic E-state index is 0. The summed E-state index contributed by atoms with van der Waals surface area (Å²) in [5.74, 6) is 1.46. The Balaban J connectivity index is 0.00000156. The van der Waals surface area contributed by atoms with Gasteiger partial charge in [-0.15, -0.1) is 24.0 Å². The minimum atomic E-state index is 0. The molecule has 5 nitrogen and oxygen atoms in total. The Morgan fingerprint density at radius 1 is 1.13 bits per heavy atom. The van der Waals surface area contributed by atoms with Crippen molar-refractivity contribution in [3.63, 3.8) is 0 Å². The van der Waals surface area contributed by atoms with Crippen molar-refractivity contribution < 1.29 is 4.79 Å². The monoisotopic (exact) mass is 426 g/mol. The number of nitrogens with zero attached hydrogens (tertiary/aromatic N) is 4. The molecule has 6 heteroatoms. The van der Waals surface area contributed by atoms with Gasteiger partial charge in [-0.05, 0) is 12.0 Å². The van der Waals surface area contributed by atoms with Crippen molar-refractivity contribution in [1.82, 2.24) is 14.7 Å². The molecule has 1 unspecified atom stereocenters. The van der Waals surface area contributed by atoms with Gasteiger partial charge in [-0.1, -0.05) is 30.3 Å². The Bertz CT molecular complexity index is 592. The summed E-state index contributed by atoms with van der Waals surface area (Å²) in [5.41, 5.74) is 1.33. The van der Waals surface area contributed by atoms with Gasteiger partial charge in [-0.3, -0.25) is 9.79 Å². The molecular weight excluding hydrogens is 403 g/mol. The first-order chi connectivity index (χ1) is 10.8. The van der Waals surface area contributed by atoms with Gasteiger partial charge in [0.15, 0.2) is 5.96 Å². The predicted molar refractivity (Wildman–Crippen MR) is 101 cm³/mol. The topological polar surface area (TPSA) is 39.2 Å². The molecule has 1 amide bonds. The summed E-state index contributed by atoms with van der Waals surface area (Å²) in [4.78, 5) is 23.4. The van der Waals surface area contributed by atoms with Crippen LogP contribution in [0.5, 0.6) is 0 Å². The third kappa shape index (κ3) is 3.32. The highest BCUT2D eigenvalue weighted by atomic mass is 127. The number of rotatable bonds is 2. The van der Waals surface area contributed by atoms with E-state index in [1.54, 1.807) is 0 Å². The van der Waals surface area contributed by atoms with E-state index >= 15 is 0 Å². The average Bonchev–Trinajstić information content (AvgIpc) is 3.15. The van der Waals surface area contributed by atoms with Crippen LogP contribution < -0.4 is 0 Å². The summed E-state index contributed by atoms with van der Waals surface area (Å²) in [5, 5.41) is 0. The highest BCUT2D eigenvalue weighted by molar-refractivity contribution is 14.0. The average molecular weight is 426 g/mol. The van der Waals surface area contributed by atoms with E-state index < -0.39 is 0 Å². The van der Waals surface area contributed by atoms with Gasteiger partial charge in [0.25, 0.3) is 0 Å². The van der Waals surface area contributed by atoms with Gasteiger partial charge in [-0.2, -0.15) is 0 Å². The molecule has 1 aromatic carbocycles. The molecule has 2 saturated heterocycles. The van der Waals surface area contributed by atoms with E-state index in [1.165, 1.54) is 5.56 Å². The zero-order valence-corrected chi connectivity index (χ0v) is 15.6. The van der Waals surface area contributed by atoms with Crippen molar-refractivity contribution in [3.05, 3.63) is 35.9 Å². The highest BCUT2D eigenvalue weighted by Gasteiger charge is 2.37. The zero-order chi connectivity index (χ0) is 14.9. The van der Waals surface area contributed by atoms with Gasteiger partial charge in [0.2, 0.25) is 5.91 Å². The van der Waals surface area contributed by atoms with Crippen LogP contribution in [0.3, 0.4) is 0 Å². The summed E-state index contributed by atoms with van der Waals surface area (Å²) < 4.78 is 0. The van der Waals surface area contributed by atoms with E-state index in [0.29, 0.717) is 11.9 Å². The number of carbonyl (C=O) groups excluding carboxylic acids is 1. The zero-order valence-electron chi connectivity index (χ0n) is 13.2. The molecule has 3 heterocycles. The Labute approximate surface area is 154 Å². The van der Waals surface area contributed by atoms with Crippen LogP contribution in [0.15, 0.2) is 35.3 Å². The number of guanidine groups is 1. The molecule has 1 aromatic rings. The van der Waals surface area contributed by atoms with Crippen LogP contribution in [0.2, 0.25) is 0 Å². The van der Waals surface area contributed by atoms with E-state index in [-0.39, 0.29) is 24.0 Å². The van der Waals surface area contributed by atoms with Crippen LogP contribution in [-0.2, 0) is 11.3 Å². The lowest BCUT2D eigenvalue weighted by Crippen LogP contribution is -2.55. The normalized spacial score (nSPS) is 23.7. The van der Waals surface area contributed by atoms with Crippen molar-refractivity contribution >= 4 is 35.8 Å². The summed E-state index contributed by atoms with van der Waals surface area (Å²) in [6.07, 6.45) is 1.72. The number of benzene rings is 1. The number of hydrogen-bond acceptors (Lipinski definition) is 4. The molecule has 0 aliphatic carbocycles. The van der Waals surface area contributed by atoms with Gasteiger partial charge in [0, 0.05) is 45.2 Å². The summed E-state index contributed by atoms with van der Waals surface area (Å²) in [6, 6.07) is 11.0. The van der Waals surface area contributed by atoms with Gasteiger partial charge in [-0.25, -0.2) is 0 Å². The molecule has 0 bridgehead atoms. The van der Waals surface area contributed by atoms with Gasteiger partial charge >= 0.3 is 0 Å². The fourth-order valence-corrected chi connectivity index (χ4v) is 3.77. The number of aliphatic imine (C=N–C) groups is 1. The molecule has 3 aliphatic heterocycles. The first kappa shape index (κ1) is 16.5. The fourth-order valence-electron chi connectivity index (χ4n) is 3.77. The second kappa shape index (κ2) is 7.07. The van der Waals surface area contributed by atoms with Crippen molar-refractivity contribution in [1.29, 1.82) is 0 Å². The molecule has 0 saturated carbocycles. The number of halogens is 1. The number of carbonyl (C=O) groups is 1. The van der Waals surface area contributed by atoms with Gasteiger partial charge in [0.05, 0.1) is 6.54 Å².